The molecule has 1 amide bonds. The fourth-order valence-corrected chi connectivity index (χ4v) is 2.14. The summed E-state index contributed by atoms with van der Waals surface area (Å²) in [5, 5.41) is 3.97. The molecule has 1 unspecified atom stereocenters. The molecule has 2 aromatic rings. The van der Waals surface area contributed by atoms with Gasteiger partial charge in [0.05, 0.1) is 5.54 Å². The number of fused-ring (bicyclic) bond motifs is 1. The molecule has 0 aliphatic rings. The highest BCUT2D eigenvalue weighted by atomic mass is 35.5. The van der Waals surface area contributed by atoms with Crippen LogP contribution in [0.2, 0.25) is 0 Å². The number of nitrogens with one attached hydrogen (secondary N) is 1. The summed E-state index contributed by atoms with van der Waals surface area (Å²) in [5.41, 5.74) is 6.95. The molecule has 0 saturated carbocycles. The van der Waals surface area contributed by atoms with Crippen molar-refractivity contribution in [2.75, 3.05) is 6.54 Å². The Labute approximate surface area is 131 Å². The Morgan fingerprint density at radius 2 is 2.00 bits per heavy atom. The first kappa shape index (κ1) is 17.5. The lowest BCUT2D eigenvalue weighted by Crippen LogP contribution is -2.55. The molecule has 0 radical (unpaired) electrons. The van der Waals surface area contributed by atoms with Crippen molar-refractivity contribution in [3.63, 3.8) is 0 Å². The summed E-state index contributed by atoms with van der Waals surface area (Å²) in [7, 11) is 0. The Morgan fingerprint density at radius 1 is 1.38 bits per heavy atom. The van der Waals surface area contributed by atoms with Gasteiger partial charge in [0.15, 0.2) is 5.76 Å². The molecule has 21 heavy (non-hydrogen) atoms. The predicted octanol–water partition coefficient (Wildman–Crippen LogP) is 3.27. The summed E-state index contributed by atoms with van der Waals surface area (Å²) in [6.07, 6.45) is 0. The average molecular weight is 311 g/mol. The Bertz CT molecular complexity index is 636. The highest BCUT2D eigenvalue weighted by Gasteiger charge is 2.30. The lowest BCUT2D eigenvalue weighted by molar-refractivity contribution is 0.0856. The van der Waals surface area contributed by atoms with Crippen molar-refractivity contribution >= 4 is 29.3 Å². The molecule has 3 N–H and O–H groups in total. The van der Waals surface area contributed by atoms with Gasteiger partial charge >= 0.3 is 0 Å². The molecule has 1 heterocycles. The zero-order valence-corrected chi connectivity index (χ0v) is 13.7. The fraction of sp³-hybridized carbons (Fsp3) is 0.438. The van der Waals surface area contributed by atoms with Crippen molar-refractivity contribution < 1.29 is 9.21 Å². The molecule has 0 fully saturated rings. The zero-order valence-electron chi connectivity index (χ0n) is 12.9. The van der Waals surface area contributed by atoms with Gasteiger partial charge in [0.1, 0.15) is 5.58 Å². The number of rotatable bonds is 4. The van der Waals surface area contributed by atoms with Gasteiger partial charge in [0.2, 0.25) is 0 Å². The van der Waals surface area contributed by atoms with Gasteiger partial charge in [-0.05, 0) is 25.8 Å². The van der Waals surface area contributed by atoms with Crippen molar-refractivity contribution in [2.45, 2.75) is 33.2 Å². The van der Waals surface area contributed by atoms with Gasteiger partial charge in [-0.3, -0.25) is 4.79 Å². The third-order valence-corrected chi connectivity index (χ3v) is 4.15. The molecule has 0 saturated heterocycles. The van der Waals surface area contributed by atoms with Crippen molar-refractivity contribution in [2.24, 2.45) is 11.7 Å². The first-order valence-electron chi connectivity index (χ1n) is 6.89. The smallest absolute Gasteiger partial charge is 0.287 e. The van der Waals surface area contributed by atoms with Crippen LogP contribution in [-0.2, 0) is 0 Å². The lowest BCUT2D eigenvalue weighted by atomic mass is 9.88. The number of aryl methyl sites for hydroxylation is 1. The second-order valence-electron chi connectivity index (χ2n) is 5.78. The normalized spacial score (nSPS) is 13.8. The van der Waals surface area contributed by atoms with E-state index in [0.29, 0.717) is 12.3 Å². The quantitative estimate of drug-likeness (QED) is 0.910. The van der Waals surface area contributed by atoms with Crippen molar-refractivity contribution in [1.29, 1.82) is 0 Å². The van der Waals surface area contributed by atoms with Gasteiger partial charge in [-0.2, -0.15) is 0 Å². The van der Waals surface area contributed by atoms with Crippen LogP contribution in [0.1, 0.15) is 36.9 Å². The topological polar surface area (TPSA) is 68.3 Å². The number of nitrogens with two attached hydrogens (primary N) is 1. The van der Waals surface area contributed by atoms with Gasteiger partial charge in [0, 0.05) is 17.5 Å². The number of para-hydroxylation sites is 1. The Hall–Kier alpha value is -1.52. The first-order chi connectivity index (χ1) is 9.39. The molecule has 4 nitrogen and oxygen atoms in total. The average Bonchev–Trinajstić information content (AvgIpc) is 2.76. The molecule has 1 aromatic heterocycles. The van der Waals surface area contributed by atoms with E-state index in [9.17, 15) is 4.79 Å². The van der Waals surface area contributed by atoms with Gasteiger partial charge in [-0.1, -0.05) is 32.0 Å². The summed E-state index contributed by atoms with van der Waals surface area (Å²) in [6.45, 7) is 8.32. The van der Waals surface area contributed by atoms with Crippen molar-refractivity contribution in [1.82, 2.24) is 5.32 Å². The number of halogens is 1. The molecule has 5 heteroatoms. The highest BCUT2D eigenvalue weighted by molar-refractivity contribution is 5.99. The Morgan fingerprint density at radius 3 is 2.52 bits per heavy atom. The Balaban J connectivity index is 0.00000220. The van der Waals surface area contributed by atoms with Crippen molar-refractivity contribution in [3.05, 3.63) is 35.6 Å². The fourth-order valence-electron chi connectivity index (χ4n) is 2.14. The standard InChI is InChI=1S/C16H22N2O2.ClH/c1-10(2)16(4,9-17)18-15(19)14-11(3)12-7-5-6-8-13(12)20-14;/h5-8,10H,9,17H2,1-4H3,(H,18,19);1H. The van der Waals surface area contributed by atoms with Crippen LogP contribution in [0.15, 0.2) is 28.7 Å². The van der Waals surface area contributed by atoms with E-state index in [2.05, 4.69) is 5.32 Å². The van der Waals surface area contributed by atoms with Gasteiger partial charge in [-0.15, -0.1) is 12.4 Å². The van der Waals surface area contributed by atoms with E-state index in [1.54, 1.807) is 0 Å². The Kier molecular flexibility index (Phi) is 5.42. The van der Waals surface area contributed by atoms with Crippen LogP contribution in [0, 0.1) is 12.8 Å². The molecule has 0 aliphatic carbocycles. The van der Waals surface area contributed by atoms with E-state index >= 15 is 0 Å². The van der Waals surface area contributed by atoms with E-state index < -0.39 is 5.54 Å². The molecule has 1 atom stereocenters. The summed E-state index contributed by atoms with van der Waals surface area (Å²) < 4.78 is 5.68. The molecule has 0 aliphatic heterocycles. The molecule has 0 bridgehead atoms. The molecular weight excluding hydrogens is 288 g/mol. The van der Waals surface area contributed by atoms with Crippen LogP contribution in [0.3, 0.4) is 0 Å². The summed E-state index contributed by atoms with van der Waals surface area (Å²) in [6, 6.07) is 7.65. The maximum Gasteiger partial charge on any atom is 0.287 e. The van der Waals surface area contributed by atoms with E-state index in [-0.39, 0.29) is 24.2 Å². The monoisotopic (exact) mass is 310 g/mol. The SMILES string of the molecule is Cc1c(C(=O)NC(C)(CN)C(C)C)oc2ccccc12.Cl. The first-order valence-corrected chi connectivity index (χ1v) is 6.89. The minimum atomic E-state index is -0.442. The summed E-state index contributed by atoms with van der Waals surface area (Å²) in [4.78, 5) is 12.5. The maximum atomic E-state index is 12.5. The maximum absolute atomic E-state index is 12.5. The highest BCUT2D eigenvalue weighted by Crippen LogP contribution is 2.25. The van der Waals surface area contributed by atoms with Gasteiger partial charge < -0.3 is 15.5 Å². The van der Waals surface area contributed by atoms with Crippen LogP contribution in [0.5, 0.6) is 0 Å². The lowest BCUT2D eigenvalue weighted by Gasteiger charge is -2.33. The van der Waals surface area contributed by atoms with Crippen LogP contribution >= 0.6 is 12.4 Å². The van der Waals surface area contributed by atoms with E-state index in [1.165, 1.54) is 0 Å². The van der Waals surface area contributed by atoms with Gasteiger partial charge in [0.25, 0.3) is 5.91 Å². The third-order valence-electron chi connectivity index (χ3n) is 4.15. The number of hydrogen-bond donors (Lipinski definition) is 2. The summed E-state index contributed by atoms with van der Waals surface area (Å²) >= 11 is 0. The van der Waals surface area contributed by atoms with E-state index in [0.717, 1.165) is 16.5 Å². The predicted molar refractivity (Wildman–Crippen MR) is 88.0 cm³/mol. The molecule has 2 rings (SSSR count). The number of furan rings is 1. The van der Waals surface area contributed by atoms with Crippen LogP contribution in [-0.4, -0.2) is 18.0 Å². The molecular formula is C16H23ClN2O2. The number of carbonyl (C=O) groups is 1. The number of benzene rings is 1. The van der Waals surface area contributed by atoms with Crippen molar-refractivity contribution in [3.8, 4) is 0 Å². The minimum Gasteiger partial charge on any atom is -0.451 e. The molecule has 116 valence electrons. The number of carbonyl (C=O) groups excluding carboxylic acids is 1. The molecule has 1 aromatic carbocycles. The van der Waals surface area contributed by atoms with Crippen LogP contribution < -0.4 is 11.1 Å². The molecule has 0 spiro atoms. The second kappa shape index (κ2) is 6.50. The zero-order chi connectivity index (χ0) is 14.9. The number of amides is 1. The largest absolute Gasteiger partial charge is 0.451 e. The second-order valence-corrected chi connectivity index (χ2v) is 5.78. The summed E-state index contributed by atoms with van der Waals surface area (Å²) in [5.74, 6) is 0.396. The van der Waals surface area contributed by atoms with Crippen LogP contribution in [0.4, 0.5) is 0 Å². The van der Waals surface area contributed by atoms with Gasteiger partial charge in [-0.25, -0.2) is 0 Å². The number of hydrogen-bond acceptors (Lipinski definition) is 3. The minimum absolute atomic E-state index is 0. The van der Waals surface area contributed by atoms with Crippen LogP contribution in [0.25, 0.3) is 11.0 Å². The van der Waals surface area contributed by atoms with E-state index in [4.69, 9.17) is 10.2 Å². The third kappa shape index (κ3) is 3.22. The van der Waals surface area contributed by atoms with E-state index in [1.807, 2.05) is 52.0 Å².